The summed E-state index contributed by atoms with van der Waals surface area (Å²) in [5, 5.41) is 9.37. The van der Waals surface area contributed by atoms with Crippen LogP contribution in [0.3, 0.4) is 0 Å². The number of carboxylic acid groups (broad SMARTS) is 1. The molecule has 0 saturated heterocycles. The summed E-state index contributed by atoms with van der Waals surface area (Å²) < 4.78 is 0. The number of aryl methyl sites for hydroxylation is 1. The van der Waals surface area contributed by atoms with E-state index in [0.29, 0.717) is 6.29 Å². The van der Waals surface area contributed by atoms with Gasteiger partial charge in [-0.25, -0.2) is 0 Å². The van der Waals surface area contributed by atoms with E-state index in [-0.39, 0.29) is 6.42 Å². The minimum Gasteiger partial charge on any atom is -0.481 e. The Hall–Kier alpha value is -1.64. The van der Waals surface area contributed by atoms with Crippen LogP contribution >= 0.6 is 0 Å². The van der Waals surface area contributed by atoms with Gasteiger partial charge in [0, 0.05) is 6.42 Å². The van der Waals surface area contributed by atoms with Gasteiger partial charge in [0.1, 0.15) is 6.29 Å². The van der Waals surface area contributed by atoms with E-state index in [4.69, 9.17) is 0 Å². The molecule has 3 nitrogen and oxygen atoms in total. The Balaban J connectivity index is 2.31. The predicted molar refractivity (Wildman–Crippen MR) is 103 cm³/mol. The van der Waals surface area contributed by atoms with E-state index >= 15 is 0 Å². The maximum Gasteiger partial charge on any atom is 0.311 e. The molecule has 0 aliphatic rings. The van der Waals surface area contributed by atoms with Gasteiger partial charge in [-0.05, 0) is 24.0 Å². The summed E-state index contributed by atoms with van der Waals surface area (Å²) in [6.45, 7) is 2.25. The standard InChI is InChI=1S/C22H34O3/c1-2-3-4-5-6-7-8-9-10-11-14-19-15-12-13-16-20(19)21(17-18-23)22(24)25/h12-13,15-16,18,21H,2-11,14,17H2,1H3,(H,24,25). The minimum absolute atomic E-state index is 0.0460. The van der Waals surface area contributed by atoms with E-state index in [2.05, 4.69) is 6.92 Å². The van der Waals surface area contributed by atoms with E-state index in [1.54, 1.807) is 0 Å². The maximum atomic E-state index is 11.4. The second kappa shape index (κ2) is 13.6. The molecule has 25 heavy (non-hydrogen) atoms. The molecule has 0 aliphatic heterocycles. The van der Waals surface area contributed by atoms with Crippen LogP contribution in [0.4, 0.5) is 0 Å². The van der Waals surface area contributed by atoms with Crippen LogP contribution in [0.25, 0.3) is 0 Å². The Bertz CT molecular complexity index is 496. The summed E-state index contributed by atoms with van der Waals surface area (Å²) in [5.41, 5.74) is 1.88. The van der Waals surface area contributed by atoms with Gasteiger partial charge >= 0.3 is 5.97 Å². The SMILES string of the molecule is CCCCCCCCCCCCc1ccccc1C(CC=O)C(=O)O. The molecule has 1 atom stereocenters. The van der Waals surface area contributed by atoms with Gasteiger partial charge in [-0.15, -0.1) is 0 Å². The molecule has 1 aromatic carbocycles. The second-order valence-electron chi connectivity index (χ2n) is 6.92. The second-order valence-corrected chi connectivity index (χ2v) is 6.92. The summed E-state index contributed by atoms with van der Waals surface area (Å²) in [5.74, 6) is -1.63. The molecule has 0 amide bonds. The molecule has 0 aromatic heterocycles. The van der Waals surface area contributed by atoms with Crippen LogP contribution in [0.5, 0.6) is 0 Å². The molecule has 0 radical (unpaired) electrons. The lowest BCUT2D eigenvalue weighted by Crippen LogP contribution is -2.14. The topological polar surface area (TPSA) is 54.4 Å². The highest BCUT2D eigenvalue weighted by molar-refractivity contribution is 5.79. The largest absolute Gasteiger partial charge is 0.481 e. The molecule has 140 valence electrons. The third-order valence-corrected chi connectivity index (χ3v) is 4.86. The Kier molecular flexibility index (Phi) is 11.7. The highest BCUT2D eigenvalue weighted by Gasteiger charge is 2.21. The summed E-state index contributed by atoms with van der Waals surface area (Å²) in [7, 11) is 0. The molecular formula is C22H34O3. The van der Waals surface area contributed by atoms with Crippen LogP contribution in [0.15, 0.2) is 24.3 Å². The van der Waals surface area contributed by atoms with E-state index in [0.717, 1.165) is 24.0 Å². The molecular weight excluding hydrogens is 312 g/mol. The van der Waals surface area contributed by atoms with Gasteiger partial charge in [0.2, 0.25) is 0 Å². The average Bonchev–Trinajstić information content (AvgIpc) is 2.61. The molecule has 1 unspecified atom stereocenters. The molecule has 0 spiro atoms. The minimum atomic E-state index is -0.914. The number of unbranched alkanes of at least 4 members (excludes halogenated alkanes) is 9. The Morgan fingerprint density at radius 1 is 0.960 bits per heavy atom. The monoisotopic (exact) mass is 346 g/mol. The average molecular weight is 347 g/mol. The van der Waals surface area contributed by atoms with Crippen molar-refractivity contribution in [1.82, 2.24) is 0 Å². The Morgan fingerprint density at radius 3 is 2.08 bits per heavy atom. The molecule has 0 bridgehead atoms. The molecule has 3 heteroatoms. The maximum absolute atomic E-state index is 11.4. The summed E-state index contributed by atoms with van der Waals surface area (Å²) >= 11 is 0. The first kappa shape index (κ1) is 21.4. The van der Waals surface area contributed by atoms with Crippen LogP contribution in [0.2, 0.25) is 0 Å². The predicted octanol–water partition coefficient (Wildman–Crippen LogP) is 5.91. The Labute approximate surface area is 152 Å². The van der Waals surface area contributed by atoms with Gasteiger partial charge in [-0.2, -0.15) is 0 Å². The van der Waals surface area contributed by atoms with Crippen molar-refractivity contribution < 1.29 is 14.7 Å². The number of carboxylic acids is 1. The van der Waals surface area contributed by atoms with Crippen molar-refractivity contribution in [3.05, 3.63) is 35.4 Å². The number of hydrogen-bond acceptors (Lipinski definition) is 2. The van der Waals surface area contributed by atoms with Crippen LogP contribution in [0, 0.1) is 0 Å². The van der Waals surface area contributed by atoms with Gasteiger partial charge in [0.25, 0.3) is 0 Å². The molecule has 1 rings (SSSR count). The van der Waals surface area contributed by atoms with Gasteiger partial charge in [-0.3, -0.25) is 4.79 Å². The fourth-order valence-corrected chi connectivity index (χ4v) is 3.36. The number of hydrogen-bond donors (Lipinski definition) is 1. The summed E-state index contributed by atoms with van der Waals surface area (Å²) in [4.78, 5) is 22.2. The fraction of sp³-hybridized carbons (Fsp3) is 0.636. The van der Waals surface area contributed by atoms with Crippen LogP contribution in [0.1, 0.15) is 94.6 Å². The van der Waals surface area contributed by atoms with Gasteiger partial charge < -0.3 is 9.90 Å². The molecule has 1 aromatic rings. The fourth-order valence-electron chi connectivity index (χ4n) is 3.36. The summed E-state index contributed by atoms with van der Waals surface area (Å²) in [6.07, 6.45) is 14.6. The third-order valence-electron chi connectivity index (χ3n) is 4.86. The molecule has 1 N–H and O–H groups in total. The number of aliphatic carboxylic acids is 1. The van der Waals surface area contributed by atoms with E-state index in [1.165, 1.54) is 57.8 Å². The van der Waals surface area contributed by atoms with Crippen molar-refractivity contribution in [3.8, 4) is 0 Å². The lowest BCUT2D eigenvalue weighted by Gasteiger charge is -2.15. The molecule has 0 aliphatic carbocycles. The van der Waals surface area contributed by atoms with Crippen molar-refractivity contribution >= 4 is 12.3 Å². The Morgan fingerprint density at radius 2 is 1.52 bits per heavy atom. The smallest absolute Gasteiger partial charge is 0.311 e. The van der Waals surface area contributed by atoms with Crippen molar-refractivity contribution in [2.24, 2.45) is 0 Å². The van der Waals surface area contributed by atoms with Crippen LogP contribution < -0.4 is 0 Å². The zero-order valence-corrected chi connectivity index (χ0v) is 15.7. The van der Waals surface area contributed by atoms with Crippen LogP contribution in [-0.4, -0.2) is 17.4 Å². The van der Waals surface area contributed by atoms with Gasteiger partial charge in [-0.1, -0.05) is 89.0 Å². The lowest BCUT2D eigenvalue weighted by atomic mass is 9.89. The first-order chi connectivity index (χ1) is 12.2. The lowest BCUT2D eigenvalue weighted by molar-refractivity contribution is -0.139. The summed E-state index contributed by atoms with van der Waals surface area (Å²) in [6, 6.07) is 7.67. The number of carbonyl (C=O) groups excluding carboxylic acids is 1. The first-order valence-electron chi connectivity index (χ1n) is 9.95. The van der Waals surface area contributed by atoms with Crippen molar-refractivity contribution in [1.29, 1.82) is 0 Å². The number of rotatable bonds is 15. The van der Waals surface area contributed by atoms with Crippen molar-refractivity contribution in [2.75, 3.05) is 0 Å². The van der Waals surface area contributed by atoms with E-state index in [9.17, 15) is 14.7 Å². The van der Waals surface area contributed by atoms with Crippen LogP contribution in [-0.2, 0) is 16.0 Å². The first-order valence-corrected chi connectivity index (χ1v) is 9.95. The number of carbonyl (C=O) groups is 2. The highest BCUT2D eigenvalue weighted by Crippen LogP contribution is 2.25. The third kappa shape index (κ3) is 8.85. The quantitative estimate of drug-likeness (QED) is 0.317. The van der Waals surface area contributed by atoms with Gasteiger partial charge in [0.15, 0.2) is 0 Å². The van der Waals surface area contributed by atoms with E-state index < -0.39 is 11.9 Å². The molecule has 0 heterocycles. The van der Waals surface area contributed by atoms with Crippen molar-refractivity contribution in [3.63, 3.8) is 0 Å². The number of benzene rings is 1. The molecule has 0 fully saturated rings. The number of aldehydes is 1. The van der Waals surface area contributed by atoms with Gasteiger partial charge in [0.05, 0.1) is 5.92 Å². The van der Waals surface area contributed by atoms with Crippen molar-refractivity contribution in [2.45, 2.75) is 89.9 Å². The highest BCUT2D eigenvalue weighted by atomic mass is 16.4. The zero-order chi connectivity index (χ0) is 18.3. The molecule has 0 saturated carbocycles. The van der Waals surface area contributed by atoms with E-state index in [1.807, 2.05) is 24.3 Å². The normalized spacial score (nSPS) is 12.0. The zero-order valence-electron chi connectivity index (χ0n) is 15.7.